The summed E-state index contributed by atoms with van der Waals surface area (Å²) in [6.07, 6.45) is 4.41. The maximum absolute atomic E-state index is 10.9. The lowest BCUT2D eigenvalue weighted by Crippen LogP contribution is -2.23. The Kier molecular flexibility index (Phi) is 5.02. The zero-order valence-corrected chi connectivity index (χ0v) is 10.8. The van der Waals surface area contributed by atoms with Crippen molar-refractivity contribution >= 4 is 9.84 Å². The Hall–Kier alpha value is -0.810. The summed E-state index contributed by atoms with van der Waals surface area (Å²) < 4.78 is 24.0. The van der Waals surface area contributed by atoms with Crippen LogP contribution in [0.5, 0.6) is 0 Å². The van der Waals surface area contributed by atoms with E-state index in [0.717, 1.165) is 19.5 Å². The molecule has 0 aliphatic carbocycles. The molecule has 0 unspecified atom stereocenters. The number of hydrogen-bond acceptors (Lipinski definition) is 3. The topological polar surface area (TPSA) is 51.1 Å². The largest absolute Gasteiger partial charge is 0.350 e. The van der Waals surface area contributed by atoms with Gasteiger partial charge in [-0.3, -0.25) is 0 Å². The van der Waals surface area contributed by atoms with E-state index >= 15 is 0 Å². The van der Waals surface area contributed by atoms with Gasteiger partial charge in [0, 0.05) is 37.8 Å². The maximum atomic E-state index is 10.9. The van der Waals surface area contributed by atoms with Crippen molar-refractivity contribution in [2.24, 2.45) is 0 Å². The number of nitrogens with one attached hydrogen (secondary N) is 1. The lowest BCUT2D eigenvalue weighted by atomic mass is 10.4. The fraction of sp³-hybridized carbons (Fsp3) is 0.636. The van der Waals surface area contributed by atoms with Gasteiger partial charge in [0.2, 0.25) is 0 Å². The molecule has 1 rings (SSSR count). The molecule has 0 aromatic carbocycles. The SMILES string of the molecule is CCCn1cccc1CNCCS(C)(=O)=O. The third-order valence-corrected chi connectivity index (χ3v) is 3.29. The van der Waals surface area contributed by atoms with Gasteiger partial charge < -0.3 is 9.88 Å². The van der Waals surface area contributed by atoms with Gasteiger partial charge in [0.1, 0.15) is 9.84 Å². The van der Waals surface area contributed by atoms with Crippen LogP contribution < -0.4 is 5.32 Å². The van der Waals surface area contributed by atoms with Crippen LogP contribution in [0.25, 0.3) is 0 Å². The van der Waals surface area contributed by atoms with Gasteiger partial charge in [-0.15, -0.1) is 0 Å². The fourth-order valence-corrected chi connectivity index (χ4v) is 2.06. The van der Waals surface area contributed by atoms with Gasteiger partial charge >= 0.3 is 0 Å². The van der Waals surface area contributed by atoms with Crippen molar-refractivity contribution in [3.8, 4) is 0 Å². The third kappa shape index (κ3) is 4.81. The number of rotatable bonds is 7. The highest BCUT2D eigenvalue weighted by Crippen LogP contribution is 2.02. The van der Waals surface area contributed by atoms with Gasteiger partial charge in [-0.2, -0.15) is 0 Å². The number of nitrogens with zero attached hydrogens (tertiary/aromatic N) is 1. The molecule has 0 saturated carbocycles. The van der Waals surface area contributed by atoms with E-state index in [9.17, 15) is 8.42 Å². The molecule has 92 valence electrons. The average Bonchev–Trinajstić information content (AvgIpc) is 2.60. The zero-order chi connectivity index (χ0) is 12.0. The molecule has 5 heteroatoms. The van der Waals surface area contributed by atoms with Crippen LogP contribution in [-0.2, 0) is 22.9 Å². The minimum atomic E-state index is -2.85. The highest BCUT2D eigenvalue weighted by Gasteiger charge is 2.02. The Morgan fingerprint density at radius 1 is 1.44 bits per heavy atom. The van der Waals surface area contributed by atoms with Gasteiger partial charge in [-0.1, -0.05) is 6.92 Å². The molecular weight excluding hydrogens is 224 g/mol. The van der Waals surface area contributed by atoms with Gasteiger partial charge in [0.05, 0.1) is 5.75 Å². The summed E-state index contributed by atoms with van der Waals surface area (Å²) in [5, 5.41) is 3.14. The number of aryl methyl sites for hydroxylation is 1. The van der Waals surface area contributed by atoms with Gasteiger partial charge in [-0.25, -0.2) is 8.42 Å². The summed E-state index contributed by atoms with van der Waals surface area (Å²) in [6, 6.07) is 4.08. The standard InChI is InChI=1S/C11H20N2O2S/c1-3-7-13-8-4-5-11(13)10-12-6-9-16(2,14)15/h4-5,8,12H,3,6-7,9-10H2,1-2H3. The van der Waals surface area contributed by atoms with E-state index in [1.165, 1.54) is 11.9 Å². The minimum absolute atomic E-state index is 0.196. The summed E-state index contributed by atoms with van der Waals surface area (Å²) in [5.74, 6) is 0.196. The predicted molar refractivity (Wildman–Crippen MR) is 66.1 cm³/mol. The summed E-state index contributed by atoms with van der Waals surface area (Å²) in [4.78, 5) is 0. The van der Waals surface area contributed by atoms with Crippen LogP contribution in [0, 0.1) is 0 Å². The smallest absolute Gasteiger partial charge is 0.148 e. The van der Waals surface area contributed by atoms with E-state index in [4.69, 9.17) is 0 Å². The first-order valence-electron chi connectivity index (χ1n) is 5.55. The van der Waals surface area contributed by atoms with E-state index in [2.05, 4.69) is 29.1 Å². The van der Waals surface area contributed by atoms with E-state index in [1.54, 1.807) is 0 Å². The van der Waals surface area contributed by atoms with Crippen LogP contribution in [0.1, 0.15) is 19.0 Å². The molecule has 0 atom stereocenters. The monoisotopic (exact) mass is 244 g/mol. The Bertz CT molecular complexity index is 409. The molecular formula is C11H20N2O2S. The van der Waals surface area contributed by atoms with E-state index in [0.29, 0.717) is 6.54 Å². The Morgan fingerprint density at radius 3 is 2.81 bits per heavy atom. The van der Waals surface area contributed by atoms with Crippen LogP contribution in [0.15, 0.2) is 18.3 Å². The quantitative estimate of drug-likeness (QED) is 0.729. The summed E-state index contributed by atoms with van der Waals surface area (Å²) in [5.41, 5.74) is 1.20. The first-order valence-corrected chi connectivity index (χ1v) is 7.61. The molecule has 16 heavy (non-hydrogen) atoms. The van der Waals surface area contributed by atoms with Crippen molar-refractivity contribution in [3.63, 3.8) is 0 Å². The first-order chi connectivity index (χ1) is 7.53. The molecule has 1 aromatic rings. The van der Waals surface area contributed by atoms with Gasteiger partial charge in [0.15, 0.2) is 0 Å². The highest BCUT2D eigenvalue weighted by molar-refractivity contribution is 7.90. The molecule has 1 heterocycles. The summed E-state index contributed by atoms with van der Waals surface area (Å²) >= 11 is 0. The first kappa shape index (κ1) is 13.3. The molecule has 0 aliphatic heterocycles. The summed E-state index contributed by atoms with van der Waals surface area (Å²) in [6.45, 7) is 4.38. The van der Waals surface area contributed by atoms with E-state index in [-0.39, 0.29) is 5.75 Å². The van der Waals surface area contributed by atoms with Crippen LogP contribution >= 0.6 is 0 Å². The van der Waals surface area contributed by atoms with Gasteiger partial charge in [-0.05, 0) is 18.6 Å². The lowest BCUT2D eigenvalue weighted by Gasteiger charge is -2.08. The van der Waals surface area contributed by atoms with Crippen molar-refractivity contribution in [1.29, 1.82) is 0 Å². The fourth-order valence-electron chi connectivity index (χ4n) is 1.54. The Balaban J connectivity index is 2.34. The molecule has 0 fully saturated rings. The second-order valence-electron chi connectivity index (χ2n) is 4.00. The molecule has 0 saturated heterocycles. The van der Waals surface area contributed by atoms with Crippen LogP contribution in [0.3, 0.4) is 0 Å². The van der Waals surface area contributed by atoms with Crippen molar-refractivity contribution in [2.45, 2.75) is 26.4 Å². The van der Waals surface area contributed by atoms with Crippen LogP contribution in [0.2, 0.25) is 0 Å². The lowest BCUT2D eigenvalue weighted by molar-refractivity contribution is 0.589. The number of aromatic nitrogens is 1. The van der Waals surface area contributed by atoms with Crippen molar-refractivity contribution in [1.82, 2.24) is 9.88 Å². The third-order valence-electron chi connectivity index (χ3n) is 2.34. The van der Waals surface area contributed by atoms with Crippen molar-refractivity contribution in [3.05, 3.63) is 24.0 Å². The van der Waals surface area contributed by atoms with Crippen LogP contribution in [-0.4, -0.2) is 31.5 Å². The average molecular weight is 244 g/mol. The Labute approximate surface area is 97.6 Å². The summed E-state index contributed by atoms with van der Waals surface area (Å²) in [7, 11) is -2.85. The van der Waals surface area contributed by atoms with E-state index in [1.807, 2.05) is 6.07 Å². The molecule has 0 spiro atoms. The van der Waals surface area contributed by atoms with Crippen molar-refractivity contribution < 1.29 is 8.42 Å². The number of sulfone groups is 1. The predicted octanol–water partition coefficient (Wildman–Crippen LogP) is 1.03. The molecule has 0 radical (unpaired) electrons. The molecule has 4 nitrogen and oxygen atoms in total. The molecule has 0 bridgehead atoms. The molecule has 0 aliphatic rings. The van der Waals surface area contributed by atoms with Crippen molar-refractivity contribution in [2.75, 3.05) is 18.6 Å². The molecule has 0 amide bonds. The highest BCUT2D eigenvalue weighted by atomic mass is 32.2. The zero-order valence-electron chi connectivity index (χ0n) is 9.94. The maximum Gasteiger partial charge on any atom is 0.148 e. The normalized spacial score (nSPS) is 11.9. The second-order valence-corrected chi connectivity index (χ2v) is 6.26. The van der Waals surface area contributed by atoms with Gasteiger partial charge in [0.25, 0.3) is 0 Å². The second kappa shape index (κ2) is 6.06. The van der Waals surface area contributed by atoms with E-state index < -0.39 is 9.84 Å². The molecule has 1 aromatic heterocycles. The molecule has 1 N–H and O–H groups in total. The minimum Gasteiger partial charge on any atom is -0.350 e. The van der Waals surface area contributed by atoms with Crippen LogP contribution in [0.4, 0.5) is 0 Å². The Morgan fingerprint density at radius 2 is 2.19 bits per heavy atom. The number of hydrogen-bond donors (Lipinski definition) is 1.